The zero-order valence-corrected chi connectivity index (χ0v) is 18.4. The number of para-hydroxylation sites is 1. The van der Waals surface area contributed by atoms with E-state index in [1.165, 1.54) is 6.07 Å². The molecule has 0 fully saturated rings. The first-order valence-electron chi connectivity index (χ1n) is 9.76. The van der Waals surface area contributed by atoms with Crippen molar-refractivity contribution in [2.24, 2.45) is 0 Å². The van der Waals surface area contributed by atoms with Crippen molar-refractivity contribution in [3.05, 3.63) is 71.9 Å². The molecule has 2 amide bonds. The summed E-state index contributed by atoms with van der Waals surface area (Å²) in [6, 6.07) is 12.2. The molecule has 2 aromatic heterocycles. The van der Waals surface area contributed by atoms with Crippen LogP contribution in [-0.4, -0.2) is 16.0 Å². The van der Waals surface area contributed by atoms with Gasteiger partial charge in [0.15, 0.2) is 10.9 Å². The number of benzene rings is 2. The van der Waals surface area contributed by atoms with E-state index in [2.05, 4.69) is 41.4 Å². The van der Waals surface area contributed by atoms with E-state index < -0.39 is 17.7 Å². The van der Waals surface area contributed by atoms with Crippen LogP contribution in [0.5, 0.6) is 11.6 Å². The molecule has 2 N–H and O–H groups in total. The van der Waals surface area contributed by atoms with Crippen LogP contribution in [0.3, 0.4) is 0 Å². The van der Waals surface area contributed by atoms with Crippen LogP contribution in [0.25, 0.3) is 10.2 Å². The number of hydrogen-bond acceptors (Lipinski definition) is 5. The fourth-order valence-electron chi connectivity index (χ4n) is 3.11. The molecule has 0 unspecified atom stereocenters. The number of nitrogens with one attached hydrogen (secondary N) is 2. The Morgan fingerprint density at radius 2 is 1.84 bits per heavy atom. The Hall–Kier alpha value is -3.59. The van der Waals surface area contributed by atoms with Gasteiger partial charge in [-0.05, 0) is 29.7 Å². The maximum absolute atomic E-state index is 13.9. The number of anilines is 2. The van der Waals surface area contributed by atoms with Crippen LogP contribution in [-0.2, 0) is 5.41 Å². The van der Waals surface area contributed by atoms with E-state index in [0.29, 0.717) is 16.1 Å². The van der Waals surface area contributed by atoms with E-state index in [1.54, 1.807) is 18.3 Å². The van der Waals surface area contributed by atoms with Crippen molar-refractivity contribution in [2.75, 3.05) is 10.6 Å². The van der Waals surface area contributed by atoms with Crippen molar-refractivity contribution in [1.29, 1.82) is 0 Å². The maximum atomic E-state index is 13.9. The first kappa shape index (κ1) is 21.6. The molecule has 2 heterocycles. The monoisotopic (exact) mass is 454 g/mol. The Bertz CT molecular complexity index is 1300. The average molecular weight is 455 g/mol. The van der Waals surface area contributed by atoms with Crippen LogP contribution in [0.4, 0.5) is 24.4 Å². The van der Waals surface area contributed by atoms with Gasteiger partial charge in [-0.15, -0.1) is 0 Å². The number of urea groups is 1. The fourth-order valence-corrected chi connectivity index (χ4v) is 4.01. The number of thiazole rings is 1. The minimum Gasteiger partial charge on any atom is -0.437 e. The number of fused-ring (bicyclic) bond motifs is 1. The molecule has 6 nitrogen and oxygen atoms in total. The summed E-state index contributed by atoms with van der Waals surface area (Å²) >= 11 is 0.966. The van der Waals surface area contributed by atoms with Gasteiger partial charge < -0.3 is 10.1 Å². The van der Waals surface area contributed by atoms with Crippen molar-refractivity contribution >= 4 is 38.4 Å². The van der Waals surface area contributed by atoms with Crippen molar-refractivity contribution in [1.82, 2.24) is 9.97 Å². The Balaban J connectivity index is 1.54. The molecule has 32 heavy (non-hydrogen) atoms. The van der Waals surface area contributed by atoms with Crippen molar-refractivity contribution < 1.29 is 18.3 Å². The molecule has 9 heteroatoms. The number of carbonyl (C=O) groups excluding carboxylic acids is 1. The second-order valence-electron chi connectivity index (χ2n) is 8.04. The Labute approximate surface area is 187 Å². The highest BCUT2D eigenvalue weighted by atomic mass is 32.1. The molecular formula is C23H20F2N4O2S. The minimum atomic E-state index is -0.787. The lowest BCUT2D eigenvalue weighted by Crippen LogP contribution is -2.20. The summed E-state index contributed by atoms with van der Waals surface area (Å²) < 4.78 is 33.6. The SMILES string of the molecule is CC(C)(C)c1ccccc1Oc1ncccc1NC(=O)Nc1nc2c(F)cc(F)cc2s1. The maximum Gasteiger partial charge on any atom is 0.325 e. The molecule has 0 saturated carbocycles. The molecule has 2 aromatic carbocycles. The van der Waals surface area contributed by atoms with Gasteiger partial charge in [-0.1, -0.05) is 50.3 Å². The van der Waals surface area contributed by atoms with Crippen molar-refractivity contribution in [2.45, 2.75) is 26.2 Å². The van der Waals surface area contributed by atoms with Gasteiger partial charge in [0.1, 0.15) is 22.8 Å². The van der Waals surface area contributed by atoms with Gasteiger partial charge >= 0.3 is 6.03 Å². The Kier molecular flexibility index (Phi) is 5.75. The highest BCUT2D eigenvalue weighted by molar-refractivity contribution is 7.22. The lowest BCUT2D eigenvalue weighted by molar-refractivity contribution is 0.262. The summed E-state index contributed by atoms with van der Waals surface area (Å²) in [5, 5.41) is 5.34. The second kappa shape index (κ2) is 8.51. The molecule has 0 aliphatic rings. The topological polar surface area (TPSA) is 76.1 Å². The number of aromatic nitrogens is 2. The molecule has 0 atom stereocenters. The number of amides is 2. The van der Waals surface area contributed by atoms with E-state index in [4.69, 9.17) is 4.74 Å². The Morgan fingerprint density at radius 1 is 1.06 bits per heavy atom. The summed E-state index contributed by atoms with van der Waals surface area (Å²) in [4.78, 5) is 20.8. The molecule has 0 aliphatic heterocycles. The van der Waals surface area contributed by atoms with Crippen LogP contribution >= 0.6 is 11.3 Å². The number of carbonyl (C=O) groups is 1. The predicted octanol–water partition coefficient (Wildman–Crippen LogP) is 6.70. The number of ether oxygens (including phenoxy) is 1. The lowest BCUT2D eigenvalue weighted by atomic mass is 9.86. The zero-order chi connectivity index (χ0) is 22.9. The number of nitrogens with zero attached hydrogens (tertiary/aromatic N) is 2. The zero-order valence-electron chi connectivity index (χ0n) is 17.6. The van der Waals surface area contributed by atoms with Crippen LogP contribution in [0, 0.1) is 11.6 Å². The first-order valence-corrected chi connectivity index (χ1v) is 10.6. The average Bonchev–Trinajstić information content (AvgIpc) is 3.11. The molecule has 4 rings (SSSR count). The highest BCUT2D eigenvalue weighted by Gasteiger charge is 2.20. The van der Waals surface area contributed by atoms with Crippen LogP contribution < -0.4 is 15.4 Å². The van der Waals surface area contributed by atoms with E-state index in [9.17, 15) is 13.6 Å². The van der Waals surface area contributed by atoms with Crippen LogP contribution in [0.1, 0.15) is 26.3 Å². The third kappa shape index (κ3) is 4.67. The van der Waals surface area contributed by atoms with Gasteiger partial charge in [-0.2, -0.15) is 0 Å². The van der Waals surface area contributed by atoms with Crippen LogP contribution in [0.2, 0.25) is 0 Å². The number of rotatable bonds is 4. The second-order valence-corrected chi connectivity index (χ2v) is 9.07. The van der Waals surface area contributed by atoms with Gasteiger partial charge in [0.25, 0.3) is 0 Å². The first-order chi connectivity index (χ1) is 15.2. The summed E-state index contributed by atoms with van der Waals surface area (Å²) in [6.45, 7) is 6.23. The number of pyridine rings is 1. The van der Waals surface area contributed by atoms with E-state index >= 15 is 0 Å². The van der Waals surface area contributed by atoms with E-state index in [0.717, 1.165) is 23.0 Å². The summed E-state index contributed by atoms with van der Waals surface area (Å²) in [7, 11) is 0. The largest absolute Gasteiger partial charge is 0.437 e. The minimum absolute atomic E-state index is 0.00381. The predicted molar refractivity (Wildman–Crippen MR) is 122 cm³/mol. The molecule has 0 bridgehead atoms. The Morgan fingerprint density at radius 3 is 2.62 bits per heavy atom. The molecule has 0 aliphatic carbocycles. The third-order valence-corrected chi connectivity index (χ3v) is 5.47. The number of hydrogen-bond donors (Lipinski definition) is 2. The molecule has 0 spiro atoms. The van der Waals surface area contributed by atoms with E-state index in [1.807, 2.05) is 24.3 Å². The van der Waals surface area contributed by atoms with Crippen molar-refractivity contribution in [3.8, 4) is 11.6 Å². The van der Waals surface area contributed by atoms with E-state index in [-0.39, 0.29) is 21.9 Å². The normalized spacial score (nSPS) is 11.4. The van der Waals surface area contributed by atoms with Crippen LogP contribution in [0.15, 0.2) is 54.7 Å². The molecule has 4 aromatic rings. The van der Waals surface area contributed by atoms with Gasteiger partial charge in [0.05, 0.1) is 4.70 Å². The molecule has 0 saturated heterocycles. The summed E-state index contributed by atoms with van der Waals surface area (Å²) in [6.07, 6.45) is 1.56. The van der Waals surface area contributed by atoms with Gasteiger partial charge in [0.2, 0.25) is 5.88 Å². The standard InChI is InChI=1S/C23H20F2N4O2S/c1-23(2,3)14-7-4-5-9-17(14)31-20-16(8-6-10-26-20)27-21(30)29-22-28-19-15(25)11-13(24)12-18(19)32-22/h4-12H,1-3H3,(H2,27,28,29,30). The lowest BCUT2D eigenvalue weighted by Gasteiger charge is -2.22. The molecule has 164 valence electrons. The van der Waals surface area contributed by atoms with Gasteiger partial charge in [-0.25, -0.2) is 23.5 Å². The van der Waals surface area contributed by atoms with Gasteiger partial charge in [-0.3, -0.25) is 5.32 Å². The number of halogens is 2. The third-order valence-electron chi connectivity index (χ3n) is 4.55. The summed E-state index contributed by atoms with van der Waals surface area (Å²) in [5.74, 6) is -0.643. The quantitative estimate of drug-likeness (QED) is 0.360. The highest BCUT2D eigenvalue weighted by Crippen LogP contribution is 2.35. The molecule has 0 radical (unpaired) electrons. The smallest absolute Gasteiger partial charge is 0.325 e. The summed E-state index contributed by atoms with van der Waals surface area (Å²) in [5.41, 5.74) is 1.17. The molecular weight excluding hydrogens is 434 g/mol. The fraction of sp³-hybridized carbons (Fsp3) is 0.174. The van der Waals surface area contributed by atoms with Gasteiger partial charge in [0, 0.05) is 17.8 Å². The van der Waals surface area contributed by atoms with Crippen molar-refractivity contribution in [3.63, 3.8) is 0 Å².